The Morgan fingerprint density at radius 3 is 2.42 bits per heavy atom. The Morgan fingerprint density at radius 2 is 1.76 bits per heavy atom. The Morgan fingerprint density at radius 1 is 1.03 bits per heavy atom. The van der Waals surface area contributed by atoms with E-state index in [2.05, 4.69) is 15.0 Å². The summed E-state index contributed by atoms with van der Waals surface area (Å²) in [5.74, 6) is -3.97. The van der Waals surface area contributed by atoms with Crippen LogP contribution in [0.2, 0.25) is 0 Å². The van der Waals surface area contributed by atoms with Crippen molar-refractivity contribution in [3.63, 3.8) is 0 Å². The molecule has 0 saturated heterocycles. The zero-order chi connectivity index (χ0) is 24.2. The lowest BCUT2D eigenvalue weighted by molar-refractivity contribution is -0.274. The van der Waals surface area contributed by atoms with Gasteiger partial charge in [-0.1, -0.05) is 18.2 Å². The van der Waals surface area contributed by atoms with E-state index in [1.54, 1.807) is 0 Å². The number of rotatable bonds is 6. The molecule has 0 atom stereocenters. The molecule has 0 radical (unpaired) electrons. The lowest BCUT2D eigenvalue weighted by Crippen LogP contribution is -2.24. The number of pyridine rings is 1. The van der Waals surface area contributed by atoms with E-state index in [1.165, 1.54) is 49.5 Å². The maximum atomic E-state index is 13.6. The van der Waals surface area contributed by atoms with Gasteiger partial charge in [0.2, 0.25) is 11.8 Å². The van der Waals surface area contributed by atoms with Gasteiger partial charge in [-0.15, -0.1) is 13.2 Å². The molecule has 0 aliphatic heterocycles. The number of halogens is 5. The van der Waals surface area contributed by atoms with Gasteiger partial charge in [0, 0.05) is 36.5 Å². The van der Waals surface area contributed by atoms with E-state index >= 15 is 0 Å². The number of hydrogen-bond acceptors (Lipinski definition) is 4. The fourth-order valence-corrected chi connectivity index (χ4v) is 2.97. The predicted octanol–water partition coefficient (Wildman–Crippen LogP) is 5.12. The third-order valence-electron chi connectivity index (χ3n) is 4.28. The van der Waals surface area contributed by atoms with Gasteiger partial charge >= 0.3 is 6.36 Å². The predicted molar refractivity (Wildman–Crippen MR) is 109 cm³/mol. The van der Waals surface area contributed by atoms with Crippen molar-refractivity contribution in [1.29, 1.82) is 0 Å². The highest BCUT2D eigenvalue weighted by Crippen LogP contribution is 2.29. The number of alkyl halides is 3. The molecule has 0 aliphatic rings. The highest BCUT2D eigenvalue weighted by Gasteiger charge is 2.32. The summed E-state index contributed by atoms with van der Waals surface area (Å²) in [5, 5.41) is 2.50. The van der Waals surface area contributed by atoms with Crippen LogP contribution in [0.25, 0.3) is 0 Å². The monoisotopic (exact) mass is 465 g/mol. The number of nitrogens with one attached hydrogen (secondary N) is 1. The molecule has 1 aromatic heterocycles. The summed E-state index contributed by atoms with van der Waals surface area (Å²) in [6.07, 6.45) is -4.08. The first-order chi connectivity index (χ1) is 15.5. The number of para-hydroxylation sites is 1. The maximum absolute atomic E-state index is 13.6. The third kappa shape index (κ3) is 6.25. The number of carbonyl (C=O) groups is 2. The molecule has 2 aromatic carbocycles. The third-order valence-corrected chi connectivity index (χ3v) is 4.28. The summed E-state index contributed by atoms with van der Waals surface area (Å²) in [6.45, 7) is 1.19. The molecule has 11 heteroatoms. The standard InChI is InChI=1S/C22H16F5N3O3/c1-13(31)30(16-6-7-17(23)18(24)12-16)20-11-15(8-9-28-20)29-21(32)10-14-4-2-3-5-19(14)33-22(25,26)27/h2-9,11-12H,10H2,1H3,(H,28,29,32). The second-order valence-electron chi connectivity index (χ2n) is 6.74. The Labute approximate surface area is 184 Å². The van der Waals surface area contributed by atoms with Crippen molar-refractivity contribution in [2.24, 2.45) is 0 Å². The SMILES string of the molecule is CC(=O)N(c1ccc(F)c(F)c1)c1cc(NC(=O)Cc2ccccc2OC(F)(F)F)ccn1. The van der Waals surface area contributed by atoms with Crippen LogP contribution in [0.3, 0.4) is 0 Å². The number of carbonyl (C=O) groups excluding carboxylic acids is 2. The number of anilines is 3. The Bertz CT molecular complexity index is 1180. The maximum Gasteiger partial charge on any atom is 0.573 e. The fourth-order valence-electron chi connectivity index (χ4n) is 2.97. The molecule has 172 valence electrons. The first-order valence-electron chi connectivity index (χ1n) is 9.39. The van der Waals surface area contributed by atoms with Crippen molar-refractivity contribution in [3.05, 3.63) is 78.0 Å². The van der Waals surface area contributed by atoms with Crippen molar-refractivity contribution < 1.29 is 36.3 Å². The lowest BCUT2D eigenvalue weighted by atomic mass is 10.1. The van der Waals surface area contributed by atoms with Crippen molar-refractivity contribution in [1.82, 2.24) is 4.98 Å². The fraction of sp³-hybridized carbons (Fsp3) is 0.136. The molecule has 1 heterocycles. The molecule has 0 bridgehead atoms. The summed E-state index contributed by atoms with van der Waals surface area (Å²) in [6, 6.07) is 10.8. The van der Waals surface area contributed by atoms with Crippen LogP contribution < -0.4 is 15.0 Å². The van der Waals surface area contributed by atoms with Crippen LogP contribution in [0.1, 0.15) is 12.5 Å². The largest absolute Gasteiger partial charge is 0.573 e. The molecule has 3 rings (SSSR count). The molecule has 3 aromatic rings. The first-order valence-corrected chi connectivity index (χ1v) is 9.39. The number of aromatic nitrogens is 1. The van der Waals surface area contributed by atoms with Crippen LogP contribution in [-0.4, -0.2) is 23.2 Å². The minimum Gasteiger partial charge on any atom is -0.405 e. The molecule has 0 fully saturated rings. The quantitative estimate of drug-likeness (QED) is 0.513. The molecule has 33 heavy (non-hydrogen) atoms. The number of benzene rings is 2. The topological polar surface area (TPSA) is 71.5 Å². The van der Waals surface area contributed by atoms with Gasteiger partial charge in [-0.3, -0.25) is 14.5 Å². The van der Waals surface area contributed by atoms with E-state index in [1.807, 2.05) is 0 Å². The zero-order valence-electron chi connectivity index (χ0n) is 17.0. The summed E-state index contributed by atoms with van der Waals surface area (Å²) in [5.41, 5.74) is 0.192. The van der Waals surface area contributed by atoms with E-state index in [-0.39, 0.29) is 22.8 Å². The summed E-state index contributed by atoms with van der Waals surface area (Å²) in [7, 11) is 0. The number of nitrogens with zero attached hydrogens (tertiary/aromatic N) is 2. The van der Waals surface area contributed by atoms with Crippen molar-refractivity contribution in [2.45, 2.75) is 19.7 Å². The highest BCUT2D eigenvalue weighted by molar-refractivity contribution is 5.99. The van der Waals surface area contributed by atoms with Gasteiger partial charge in [0.25, 0.3) is 0 Å². The number of ether oxygens (including phenoxy) is 1. The summed E-state index contributed by atoms with van der Waals surface area (Å²) in [4.78, 5) is 29.6. The molecule has 0 aliphatic carbocycles. The second-order valence-corrected chi connectivity index (χ2v) is 6.74. The normalized spacial score (nSPS) is 11.1. The van der Waals surface area contributed by atoms with E-state index in [0.29, 0.717) is 0 Å². The van der Waals surface area contributed by atoms with Gasteiger partial charge in [0.05, 0.1) is 12.1 Å². The summed E-state index contributed by atoms with van der Waals surface area (Å²) >= 11 is 0. The molecule has 0 unspecified atom stereocenters. The molecular weight excluding hydrogens is 449 g/mol. The average Bonchev–Trinajstić information content (AvgIpc) is 2.71. The molecule has 2 amide bonds. The van der Waals surface area contributed by atoms with Gasteiger partial charge in [0.1, 0.15) is 11.6 Å². The zero-order valence-corrected chi connectivity index (χ0v) is 17.0. The van der Waals surface area contributed by atoms with Crippen LogP contribution in [0.5, 0.6) is 5.75 Å². The average molecular weight is 465 g/mol. The Balaban J connectivity index is 1.80. The van der Waals surface area contributed by atoms with Gasteiger partial charge in [-0.25, -0.2) is 13.8 Å². The van der Waals surface area contributed by atoms with E-state index < -0.39 is 42.0 Å². The van der Waals surface area contributed by atoms with Crippen molar-refractivity contribution >= 4 is 29.0 Å². The molecule has 6 nitrogen and oxygen atoms in total. The van der Waals surface area contributed by atoms with E-state index in [4.69, 9.17) is 0 Å². The molecule has 1 N–H and O–H groups in total. The first kappa shape index (κ1) is 23.6. The van der Waals surface area contributed by atoms with E-state index in [0.717, 1.165) is 23.1 Å². The van der Waals surface area contributed by atoms with Crippen LogP contribution in [0, 0.1) is 11.6 Å². The molecule has 0 saturated carbocycles. The van der Waals surface area contributed by atoms with Crippen LogP contribution in [0.4, 0.5) is 39.1 Å². The number of hydrogen-bond donors (Lipinski definition) is 1. The lowest BCUT2D eigenvalue weighted by Gasteiger charge is -2.21. The molecule has 0 spiro atoms. The minimum atomic E-state index is -4.91. The van der Waals surface area contributed by atoms with Gasteiger partial charge in [0.15, 0.2) is 11.6 Å². The van der Waals surface area contributed by atoms with E-state index in [9.17, 15) is 31.5 Å². The van der Waals surface area contributed by atoms with Crippen LogP contribution in [-0.2, 0) is 16.0 Å². The minimum absolute atomic E-state index is 0.00659. The summed E-state index contributed by atoms with van der Waals surface area (Å²) < 4.78 is 68.6. The van der Waals surface area contributed by atoms with Crippen LogP contribution >= 0.6 is 0 Å². The molecular formula is C22H16F5N3O3. The van der Waals surface area contributed by atoms with Gasteiger partial charge in [-0.05, 0) is 24.3 Å². The van der Waals surface area contributed by atoms with Crippen molar-refractivity contribution in [2.75, 3.05) is 10.2 Å². The Hall–Kier alpha value is -4.02. The Kier molecular flexibility index (Phi) is 6.90. The van der Waals surface area contributed by atoms with Gasteiger partial charge in [-0.2, -0.15) is 0 Å². The van der Waals surface area contributed by atoms with Crippen LogP contribution in [0.15, 0.2) is 60.8 Å². The highest BCUT2D eigenvalue weighted by atomic mass is 19.4. The van der Waals surface area contributed by atoms with Gasteiger partial charge < -0.3 is 10.1 Å². The second kappa shape index (κ2) is 9.63. The number of amides is 2. The van der Waals surface area contributed by atoms with Crippen molar-refractivity contribution in [3.8, 4) is 5.75 Å². The smallest absolute Gasteiger partial charge is 0.405 e.